The van der Waals surface area contributed by atoms with E-state index in [1.165, 1.54) is 5.56 Å². The van der Waals surface area contributed by atoms with E-state index < -0.39 is 0 Å². The standard InChI is InChI=1S/C19H22N2O3/c1-14(16-8-9-17-18(10-16)24-13-23-17)20-19(22)12-21(2)11-15-6-4-3-5-7-15/h3-10,14H,11-13H2,1-2H3,(H,20,22). The summed E-state index contributed by atoms with van der Waals surface area (Å²) in [6.07, 6.45) is 0. The van der Waals surface area contributed by atoms with E-state index in [2.05, 4.69) is 17.4 Å². The third-order valence-electron chi connectivity index (χ3n) is 3.98. The summed E-state index contributed by atoms with van der Waals surface area (Å²) >= 11 is 0. The Labute approximate surface area is 142 Å². The average Bonchev–Trinajstić information content (AvgIpc) is 3.02. The van der Waals surface area contributed by atoms with Crippen LogP contribution in [0.15, 0.2) is 48.5 Å². The molecule has 0 bridgehead atoms. The third kappa shape index (κ3) is 4.06. The van der Waals surface area contributed by atoms with E-state index in [4.69, 9.17) is 9.47 Å². The molecule has 1 N–H and O–H groups in total. The lowest BCUT2D eigenvalue weighted by Gasteiger charge is -2.19. The van der Waals surface area contributed by atoms with Crippen LogP contribution in [-0.2, 0) is 11.3 Å². The van der Waals surface area contributed by atoms with E-state index in [1.54, 1.807) is 0 Å². The van der Waals surface area contributed by atoms with Gasteiger partial charge in [-0.3, -0.25) is 9.69 Å². The number of fused-ring (bicyclic) bond motifs is 1. The lowest BCUT2D eigenvalue weighted by molar-refractivity contribution is -0.122. The molecule has 0 aromatic heterocycles. The Hall–Kier alpha value is -2.53. The molecule has 0 fully saturated rings. The Morgan fingerprint density at radius 3 is 2.71 bits per heavy atom. The van der Waals surface area contributed by atoms with E-state index >= 15 is 0 Å². The topological polar surface area (TPSA) is 50.8 Å². The molecule has 1 atom stereocenters. The SMILES string of the molecule is CC(NC(=O)CN(C)Cc1ccccc1)c1ccc2c(c1)OCO2. The minimum Gasteiger partial charge on any atom is -0.454 e. The largest absolute Gasteiger partial charge is 0.454 e. The van der Waals surface area contributed by atoms with Crippen LogP contribution in [0.25, 0.3) is 0 Å². The van der Waals surface area contributed by atoms with E-state index in [0.717, 1.165) is 23.6 Å². The summed E-state index contributed by atoms with van der Waals surface area (Å²) in [6.45, 7) is 3.31. The lowest BCUT2D eigenvalue weighted by Crippen LogP contribution is -2.36. The second-order valence-electron chi connectivity index (χ2n) is 6.06. The Morgan fingerprint density at radius 1 is 1.17 bits per heavy atom. The van der Waals surface area contributed by atoms with E-state index in [9.17, 15) is 4.79 Å². The molecule has 126 valence electrons. The van der Waals surface area contributed by atoms with Gasteiger partial charge in [-0.2, -0.15) is 0 Å². The number of rotatable bonds is 6. The maximum absolute atomic E-state index is 12.3. The molecule has 2 aromatic carbocycles. The number of likely N-dealkylation sites (N-methyl/N-ethyl adjacent to an activating group) is 1. The number of hydrogen-bond acceptors (Lipinski definition) is 4. The molecule has 1 aliphatic rings. The van der Waals surface area contributed by atoms with Gasteiger partial charge in [-0.25, -0.2) is 0 Å². The molecule has 3 rings (SSSR count). The molecule has 1 amide bonds. The van der Waals surface area contributed by atoms with Crippen LogP contribution in [0.2, 0.25) is 0 Å². The maximum atomic E-state index is 12.3. The molecule has 0 spiro atoms. The van der Waals surface area contributed by atoms with Crippen molar-refractivity contribution in [2.75, 3.05) is 20.4 Å². The number of amides is 1. The van der Waals surface area contributed by atoms with Gasteiger partial charge in [0.15, 0.2) is 11.5 Å². The highest BCUT2D eigenvalue weighted by Gasteiger charge is 2.17. The van der Waals surface area contributed by atoms with Crippen molar-refractivity contribution in [3.05, 3.63) is 59.7 Å². The monoisotopic (exact) mass is 326 g/mol. The highest BCUT2D eigenvalue weighted by atomic mass is 16.7. The fourth-order valence-corrected chi connectivity index (χ4v) is 2.75. The molecule has 0 aliphatic carbocycles. The fourth-order valence-electron chi connectivity index (χ4n) is 2.75. The zero-order chi connectivity index (χ0) is 16.9. The van der Waals surface area contributed by atoms with Crippen molar-refractivity contribution in [3.63, 3.8) is 0 Å². The van der Waals surface area contributed by atoms with Gasteiger partial charge >= 0.3 is 0 Å². The van der Waals surface area contributed by atoms with Gasteiger partial charge in [-0.1, -0.05) is 36.4 Å². The number of hydrogen-bond donors (Lipinski definition) is 1. The first kappa shape index (κ1) is 16.3. The minimum atomic E-state index is -0.0860. The molecule has 1 aliphatic heterocycles. The van der Waals surface area contributed by atoms with E-state index in [0.29, 0.717) is 6.54 Å². The van der Waals surface area contributed by atoms with Crippen LogP contribution in [-0.4, -0.2) is 31.2 Å². The van der Waals surface area contributed by atoms with Gasteiger partial charge < -0.3 is 14.8 Å². The molecule has 5 heteroatoms. The van der Waals surface area contributed by atoms with Crippen molar-refractivity contribution in [2.24, 2.45) is 0 Å². The first-order valence-corrected chi connectivity index (χ1v) is 8.03. The Morgan fingerprint density at radius 2 is 1.92 bits per heavy atom. The van der Waals surface area contributed by atoms with Gasteiger partial charge in [0.05, 0.1) is 12.6 Å². The van der Waals surface area contributed by atoms with Crippen LogP contribution >= 0.6 is 0 Å². The Kier molecular flexibility index (Phi) is 5.01. The Bertz CT molecular complexity index is 703. The number of carbonyl (C=O) groups is 1. The summed E-state index contributed by atoms with van der Waals surface area (Å²) < 4.78 is 10.7. The molecule has 0 saturated carbocycles. The predicted octanol–water partition coefficient (Wildman–Crippen LogP) is 2.72. The molecule has 1 unspecified atom stereocenters. The second kappa shape index (κ2) is 7.36. The first-order valence-electron chi connectivity index (χ1n) is 8.03. The number of nitrogens with zero attached hydrogens (tertiary/aromatic N) is 1. The van der Waals surface area contributed by atoms with Crippen LogP contribution in [0.3, 0.4) is 0 Å². The van der Waals surface area contributed by atoms with Crippen molar-refractivity contribution < 1.29 is 14.3 Å². The summed E-state index contributed by atoms with van der Waals surface area (Å²) in [5, 5.41) is 3.03. The highest BCUT2D eigenvalue weighted by molar-refractivity contribution is 5.78. The van der Waals surface area contributed by atoms with Crippen LogP contribution in [0, 0.1) is 0 Å². The molecule has 2 aromatic rings. The van der Waals surface area contributed by atoms with Gasteiger partial charge in [0, 0.05) is 6.54 Å². The van der Waals surface area contributed by atoms with Gasteiger partial charge in [0.2, 0.25) is 12.7 Å². The van der Waals surface area contributed by atoms with Crippen molar-refractivity contribution in [2.45, 2.75) is 19.5 Å². The number of ether oxygens (including phenoxy) is 2. The first-order chi connectivity index (χ1) is 11.6. The van der Waals surface area contributed by atoms with Crippen molar-refractivity contribution in [1.29, 1.82) is 0 Å². The summed E-state index contributed by atoms with van der Waals surface area (Å²) in [5.41, 5.74) is 2.19. The average molecular weight is 326 g/mol. The normalized spacial score (nSPS) is 13.8. The van der Waals surface area contributed by atoms with Crippen LogP contribution in [0.4, 0.5) is 0 Å². The van der Waals surface area contributed by atoms with Crippen molar-refractivity contribution in [3.8, 4) is 11.5 Å². The number of benzene rings is 2. The van der Waals surface area contributed by atoms with Gasteiger partial charge in [-0.05, 0) is 37.2 Å². The molecule has 24 heavy (non-hydrogen) atoms. The van der Waals surface area contributed by atoms with Crippen molar-refractivity contribution >= 4 is 5.91 Å². The van der Waals surface area contributed by atoms with Gasteiger partial charge in [-0.15, -0.1) is 0 Å². The molecular formula is C19H22N2O3. The molecule has 0 radical (unpaired) electrons. The summed E-state index contributed by atoms with van der Waals surface area (Å²) in [6, 6.07) is 15.8. The number of carbonyl (C=O) groups excluding carboxylic acids is 1. The van der Waals surface area contributed by atoms with Gasteiger partial charge in [0.25, 0.3) is 0 Å². The predicted molar refractivity (Wildman–Crippen MR) is 91.9 cm³/mol. The summed E-state index contributed by atoms with van der Waals surface area (Å²) in [5.74, 6) is 1.48. The Balaban J connectivity index is 1.52. The summed E-state index contributed by atoms with van der Waals surface area (Å²) in [7, 11) is 1.94. The van der Waals surface area contributed by atoms with Crippen molar-refractivity contribution in [1.82, 2.24) is 10.2 Å². The minimum absolute atomic E-state index is 0.00130. The van der Waals surface area contributed by atoms with E-state index in [-0.39, 0.29) is 18.7 Å². The molecular weight excluding hydrogens is 304 g/mol. The van der Waals surface area contributed by atoms with Crippen LogP contribution in [0.1, 0.15) is 24.1 Å². The molecule has 1 heterocycles. The lowest BCUT2D eigenvalue weighted by atomic mass is 10.1. The summed E-state index contributed by atoms with van der Waals surface area (Å²) in [4.78, 5) is 14.2. The fraction of sp³-hybridized carbons (Fsp3) is 0.316. The molecule has 0 saturated heterocycles. The second-order valence-corrected chi connectivity index (χ2v) is 6.06. The zero-order valence-electron chi connectivity index (χ0n) is 14.0. The zero-order valence-corrected chi connectivity index (χ0v) is 14.0. The van der Waals surface area contributed by atoms with Crippen LogP contribution in [0.5, 0.6) is 11.5 Å². The van der Waals surface area contributed by atoms with E-state index in [1.807, 2.05) is 55.3 Å². The maximum Gasteiger partial charge on any atom is 0.234 e. The van der Waals surface area contributed by atoms with Gasteiger partial charge in [0.1, 0.15) is 0 Å². The highest BCUT2D eigenvalue weighted by Crippen LogP contribution is 2.34. The molecule has 5 nitrogen and oxygen atoms in total. The third-order valence-corrected chi connectivity index (χ3v) is 3.98. The quantitative estimate of drug-likeness (QED) is 0.887. The number of nitrogens with one attached hydrogen (secondary N) is 1. The van der Waals surface area contributed by atoms with Crippen LogP contribution < -0.4 is 14.8 Å². The smallest absolute Gasteiger partial charge is 0.234 e.